The first-order valence-corrected chi connectivity index (χ1v) is 11.2. The third-order valence-corrected chi connectivity index (χ3v) is 6.95. The predicted molar refractivity (Wildman–Crippen MR) is 116 cm³/mol. The second kappa shape index (κ2) is 8.80. The topological polar surface area (TPSA) is 109 Å². The molecule has 0 bridgehead atoms. The maximum absolute atomic E-state index is 12.8. The Kier molecular flexibility index (Phi) is 6.37. The lowest BCUT2D eigenvalue weighted by atomic mass is 10.1. The van der Waals surface area contributed by atoms with E-state index in [4.69, 9.17) is 0 Å². The van der Waals surface area contributed by atoms with Gasteiger partial charge in [0.15, 0.2) is 5.65 Å². The van der Waals surface area contributed by atoms with Crippen molar-refractivity contribution in [1.29, 1.82) is 0 Å². The van der Waals surface area contributed by atoms with Gasteiger partial charge in [-0.3, -0.25) is 9.20 Å². The summed E-state index contributed by atoms with van der Waals surface area (Å²) in [6.07, 6.45) is 1.46. The third-order valence-electron chi connectivity index (χ3n) is 4.92. The average Bonchev–Trinajstić information content (AvgIpc) is 3.12. The SMILES string of the molecule is CCN(CC)S(=O)(=O)c1ccc2nnc(NCC(=O)Nc3ccc(C)c(C)c3)n2c1. The molecule has 2 heterocycles. The van der Waals surface area contributed by atoms with E-state index in [-0.39, 0.29) is 23.3 Å². The van der Waals surface area contributed by atoms with Crippen LogP contribution >= 0.6 is 0 Å². The van der Waals surface area contributed by atoms with Crippen LogP contribution in [-0.2, 0) is 14.8 Å². The molecule has 3 aromatic rings. The van der Waals surface area contributed by atoms with E-state index in [1.165, 1.54) is 21.0 Å². The molecular formula is C20H26N6O3S. The Morgan fingerprint density at radius 2 is 1.80 bits per heavy atom. The quantitative estimate of drug-likeness (QED) is 0.568. The number of amides is 1. The number of fused-ring (bicyclic) bond motifs is 1. The molecule has 3 rings (SSSR count). The van der Waals surface area contributed by atoms with E-state index in [1.807, 2.05) is 32.0 Å². The molecular weight excluding hydrogens is 404 g/mol. The summed E-state index contributed by atoms with van der Waals surface area (Å²) in [4.78, 5) is 12.4. The highest BCUT2D eigenvalue weighted by Gasteiger charge is 2.22. The first-order valence-electron chi connectivity index (χ1n) is 9.72. The van der Waals surface area contributed by atoms with Crippen molar-refractivity contribution in [1.82, 2.24) is 18.9 Å². The highest BCUT2D eigenvalue weighted by Crippen LogP contribution is 2.18. The Labute approximate surface area is 176 Å². The van der Waals surface area contributed by atoms with Gasteiger partial charge in [0.1, 0.15) is 0 Å². The van der Waals surface area contributed by atoms with E-state index in [2.05, 4.69) is 20.8 Å². The molecule has 10 heteroatoms. The summed E-state index contributed by atoms with van der Waals surface area (Å²) in [6, 6.07) is 8.79. The molecule has 30 heavy (non-hydrogen) atoms. The average molecular weight is 431 g/mol. The van der Waals surface area contributed by atoms with E-state index in [0.29, 0.717) is 24.4 Å². The zero-order valence-corrected chi connectivity index (χ0v) is 18.3. The molecule has 0 aliphatic rings. The van der Waals surface area contributed by atoms with E-state index in [0.717, 1.165) is 11.1 Å². The monoisotopic (exact) mass is 430 g/mol. The van der Waals surface area contributed by atoms with Crippen molar-refractivity contribution in [3.8, 4) is 0 Å². The zero-order chi connectivity index (χ0) is 21.9. The van der Waals surface area contributed by atoms with Gasteiger partial charge in [-0.05, 0) is 49.2 Å². The van der Waals surface area contributed by atoms with Gasteiger partial charge in [-0.25, -0.2) is 8.42 Å². The smallest absolute Gasteiger partial charge is 0.244 e. The molecule has 1 aromatic carbocycles. The van der Waals surface area contributed by atoms with Crippen molar-refractivity contribution in [3.05, 3.63) is 47.7 Å². The minimum absolute atomic E-state index is 0.0409. The Bertz CT molecular complexity index is 1170. The first-order chi connectivity index (χ1) is 14.3. The van der Waals surface area contributed by atoms with Crippen molar-refractivity contribution in [2.75, 3.05) is 30.3 Å². The Morgan fingerprint density at radius 3 is 2.47 bits per heavy atom. The second-order valence-electron chi connectivity index (χ2n) is 6.91. The third kappa shape index (κ3) is 4.44. The highest BCUT2D eigenvalue weighted by molar-refractivity contribution is 7.89. The van der Waals surface area contributed by atoms with Crippen molar-refractivity contribution in [2.45, 2.75) is 32.6 Å². The van der Waals surface area contributed by atoms with Crippen molar-refractivity contribution in [2.24, 2.45) is 0 Å². The summed E-state index contributed by atoms with van der Waals surface area (Å²) >= 11 is 0. The number of nitrogens with one attached hydrogen (secondary N) is 2. The number of aromatic nitrogens is 3. The van der Waals surface area contributed by atoms with Gasteiger partial charge in [0.2, 0.25) is 21.9 Å². The van der Waals surface area contributed by atoms with Crippen LogP contribution in [0.3, 0.4) is 0 Å². The van der Waals surface area contributed by atoms with Crippen LogP contribution < -0.4 is 10.6 Å². The van der Waals surface area contributed by atoms with Crippen molar-refractivity contribution in [3.63, 3.8) is 0 Å². The number of benzene rings is 1. The van der Waals surface area contributed by atoms with Crippen LogP contribution in [0, 0.1) is 13.8 Å². The summed E-state index contributed by atoms with van der Waals surface area (Å²) < 4.78 is 28.5. The maximum atomic E-state index is 12.8. The number of sulfonamides is 1. The molecule has 0 atom stereocenters. The normalized spacial score (nSPS) is 11.8. The number of nitrogens with zero attached hydrogens (tertiary/aromatic N) is 4. The predicted octanol–water partition coefficient (Wildman–Crippen LogP) is 2.43. The van der Waals surface area contributed by atoms with E-state index in [1.54, 1.807) is 19.9 Å². The van der Waals surface area contributed by atoms with Gasteiger partial charge in [0.05, 0.1) is 11.4 Å². The standard InChI is InChI=1S/C20H26N6O3S/c1-5-25(6-2)30(28,29)17-9-10-18-23-24-20(26(18)13-17)21-12-19(27)22-16-8-7-14(3)15(4)11-16/h7-11,13H,5-6,12H2,1-4H3,(H,21,24)(H,22,27). The summed E-state index contributed by atoms with van der Waals surface area (Å²) in [6.45, 7) is 8.29. The van der Waals surface area contributed by atoms with Gasteiger partial charge in [-0.2, -0.15) is 4.31 Å². The molecule has 160 valence electrons. The van der Waals surface area contributed by atoms with Crippen LogP contribution in [0.5, 0.6) is 0 Å². The fourth-order valence-corrected chi connectivity index (χ4v) is 4.50. The Morgan fingerprint density at radius 1 is 1.07 bits per heavy atom. The summed E-state index contributed by atoms with van der Waals surface area (Å²) in [5.74, 6) is 0.0405. The fourth-order valence-electron chi connectivity index (χ4n) is 3.04. The molecule has 0 unspecified atom stereocenters. The minimum atomic E-state index is -3.62. The van der Waals surface area contributed by atoms with E-state index in [9.17, 15) is 13.2 Å². The number of pyridine rings is 1. The highest BCUT2D eigenvalue weighted by atomic mass is 32.2. The van der Waals surface area contributed by atoms with Crippen LogP contribution in [-0.4, -0.2) is 52.9 Å². The molecule has 1 amide bonds. The number of carbonyl (C=O) groups excluding carboxylic acids is 1. The van der Waals surface area contributed by atoms with Gasteiger partial charge >= 0.3 is 0 Å². The van der Waals surface area contributed by atoms with Crippen molar-refractivity contribution >= 4 is 33.2 Å². The summed E-state index contributed by atoms with van der Waals surface area (Å²) in [5, 5.41) is 13.8. The van der Waals surface area contributed by atoms with Gasteiger partial charge in [-0.15, -0.1) is 10.2 Å². The van der Waals surface area contributed by atoms with Crippen LogP contribution in [0.1, 0.15) is 25.0 Å². The number of rotatable bonds is 8. The summed E-state index contributed by atoms with van der Waals surface area (Å²) in [5.41, 5.74) is 3.43. The maximum Gasteiger partial charge on any atom is 0.244 e. The minimum Gasteiger partial charge on any atom is -0.345 e. The van der Waals surface area contributed by atoms with Gasteiger partial charge < -0.3 is 10.6 Å². The largest absolute Gasteiger partial charge is 0.345 e. The van der Waals surface area contributed by atoms with Crippen LogP contribution in [0.25, 0.3) is 5.65 Å². The molecule has 2 aromatic heterocycles. The molecule has 0 fully saturated rings. The lowest BCUT2D eigenvalue weighted by Crippen LogP contribution is -2.30. The molecule has 0 spiro atoms. The molecule has 0 saturated carbocycles. The fraction of sp³-hybridized carbons (Fsp3) is 0.350. The van der Waals surface area contributed by atoms with Crippen molar-refractivity contribution < 1.29 is 13.2 Å². The van der Waals surface area contributed by atoms with Crippen LogP contribution in [0.4, 0.5) is 11.6 Å². The molecule has 0 radical (unpaired) electrons. The molecule has 9 nitrogen and oxygen atoms in total. The number of hydrogen-bond donors (Lipinski definition) is 2. The van der Waals surface area contributed by atoms with E-state index < -0.39 is 10.0 Å². The number of hydrogen-bond acceptors (Lipinski definition) is 6. The van der Waals surface area contributed by atoms with Crippen LogP contribution in [0.2, 0.25) is 0 Å². The summed E-state index contributed by atoms with van der Waals surface area (Å²) in [7, 11) is -3.62. The Balaban J connectivity index is 1.76. The molecule has 0 aliphatic carbocycles. The molecule has 2 N–H and O–H groups in total. The lowest BCUT2D eigenvalue weighted by Gasteiger charge is -2.18. The molecule has 0 aliphatic heterocycles. The zero-order valence-electron chi connectivity index (χ0n) is 17.5. The first kappa shape index (κ1) is 21.7. The van der Waals surface area contributed by atoms with E-state index >= 15 is 0 Å². The van der Waals surface area contributed by atoms with Gasteiger partial charge in [0.25, 0.3) is 0 Å². The van der Waals surface area contributed by atoms with Gasteiger partial charge in [-0.1, -0.05) is 19.9 Å². The number of anilines is 2. The number of aryl methyl sites for hydroxylation is 2. The number of carbonyl (C=O) groups is 1. The molecule has 0 saturated heterocycles. The van der Waals surface area contributed by atoms with Gasteiger partial charge in [0, 0.05) is 25.0 Å². The Hall–Kier alpha value is -2.98. The lowest BCUT2D eigenvalue weighted by molar-refractivity contribution is -0.114. The van der Waals surface area contributed by atoms with Crippen LogP contribution in [0.15, 0.2) is 41.4 Å². The second-order valence-corrected chi connectivity index (χ2v) is 8.84.